The molecule has 1 amide bonds. The van der Waals surface area contributed by atoms with E-state index in [-0.39, 0.29) is 29.8 Å². The zero-order chi connectivity index (χ0) is 18.4. The Morgan fingerprint density at radius 1 is 1.44 bits per heavy atom. The van der Waals surface area contributed by atoms with Crippen molar-refractivity contribution in [3.63, 3.8) is 0 Å². The van der Waals surface area contributed by atoms with E-state index >= 15 is 0 Å². The fourth-order valence-electron chi connectivity index (χ4n) is 3.37. The van der Waals surface area contributed by atoms with Crippen LogP contribution in [0.4, 0.5) is 4.39 Å². The maximum Gasteiger partial charge on any atom is 0.223 e. The topological polar surface area (TPSA) is 41.6 Å². The second-order valence-corrected chi connectivity index (χ2v) is 6.99. The number of rotatable bonds is 7. The standard InChI is InChI=1S/C19H28ClFN2O2/c1-4-14(5-2)19(24)22-11-17(23-9-10-25-13(3)12-23)18-15(20)7-6-8-16(18)21/h6-8,13-14,17H,4-5,9-12H2,1-3H3,(H,22,24). The molecule has 0 saturated carbocycles. The van der Waals surface area contributed by atoms with Crippen molar-refractivity contribution in [1.29, 1.82) is 0 Å². The largest absolute Gasteiger partial charge is 0.376 e. The Bertz CT molecular complexity index is 560. The fraction of sp³-hybridized carbons (Fsp3) is 0.632. The van der Waals surface area contributed by atoms with Crippen LogP contribution in [0.3, 0.4) is 0 Å². The van der Waals surface area contributed by atoms with Gasteiger partial charge in [-0.1, -0.05) is 31.5 Å². The van der Waals surface area contributed by atoms with Gasteiger partial charge in [-0.25, -0.2) is 4.39 Å². The van der Waals surface area contributed by atoms with Crippen LogP contribution in [-0.2, 0) is 9.53 Å². The van der Waals surface area contributed by atoms with Crippen LogP contribution in [-0.4, -0.2) is 43.2 Å². The van der Waals surface area contributed by atoms with E-state index in [0.29, 0.717) is 36.8 Å². The smallest absolute Gasteiger partial charge is 0.223 e. The minimum atomic E-state index is -0.339. The summed E-state index contributed by atoms with van der Waals surface area (Å²) in [5, 5.41) is 3.39. The summed E-state index contributed by atoms with van der Waals surface area (Å²) in [6.07, 6.45) is 1.65. The molecular formula is C19H28ClFN2O2. The number of hydrogen-bond donors (Lipinski definition) is 1. The van der Waals surface area contributed by atoms with Crippen molar-refractivity contribution >= 4 is 17.5 Å². The first kappa shape index (κ1) is 20.1. The third-order valence-electron chi connectivity index (χ3n) is 4.87. The number of halogens is 2. The van der Waals surface area contributed by atoms with E-state index in [0.717, 1.165) is 12.8 Å². The minimum absolute atomic E-state index is 0.0136. The first-order valence-corrected chi connectivity index (χ1v) is 9.42. The van der Waals surface area contributed by atoms with Gasteiger partial charge in [-0.05, 0) is 31.9 Å². The van der Waals surface area contributed by atoms with Gasteiger partial charge >= 0.3 is 0 Å². The van der Waals surface area contributed by atoms with Gasteiger partial charge in [0.05, 0.1) is 18.8 Å². The van der Waals surface area contributed by atoms with Gasteiger partial charge in [-0.15, -0.1) is 0 Å². The molecule has 140 valence electrons. The van der Waals surface area contributed by atoms with Gasteiger partial charge in [-0.2, -0.15) is 0 Å². The monoisotopic (exact) mass is 370 g/mol. The SMILES string of the molecule is CCC(CC)C(=O)NCC(c1c(F)cccc1Cl)N1CCOC(C)C1. The number of ether oxygens (including phenoxy) is 1. The quantitative estimate of drug-likeness (QED) is 0.793. The van der Waals surface area contributed by atoms with Gasteiger partial charge in [0, 0.05) is 36.1 Å². The lowest BCUT2D eigenvalue weighted by Gasteiger charge is -2.38. The van der Waals surface area contributed by atoms with E-state index < -0.39 is 0 Å². The highest BCUT2D eigenvalue weighted by Gasteiger charge is 2.30. The normalized spacial score (nSPS) is 19.8. The molecule has 1 heterocycles. The molecule has 25 heavy (non-hydrogen) atoms. The number of carbonyl (C=O) groups is 1. The van der Waals surface area contributed by atoms with Crippen molar-refractivity contribution in [3.05, 3.63) is 34.6 Å². The van der Waals surface area contributed by atoms with E-state index in [1.54, 1.807) is 12.1 Å². The molecule has 0 radical (unpaired) electrons. The van der Waals surface area contributed by atoms with E-state index in [1.165, 1.54) is 6.07 Å². The molecule has 0 aromatic heterocycles. The maximum absolute atomic E-state index is 14.5. The van der Waals surface area contributed by atoms with Gasteiger partial charge < -0.3 is 10.1 Å². The fourth-order valence-corrected chi connectivity index (χ4v) is 3.66. The van der Waals surface area contributed by atoms with Crippen LogP contribution in [0.2, 0.25) is 5.02 Å². The van der Waals surface area contributed by atoms with Crippen molar-refractivity contribution < 1.29 is 13.9 Å². The number of nitrogens with one attached hydrogen (secondary N) is 1. The van der Waals surface area contributed by atoms with Crippen LogP contribution in [0.5, 0.6) is 0 Å². The van der Waals surface area contributed by atoms with Gasteiger partial charge in [0.25, 0.3) is 0 Å². The van der Waals surface area contributed by atoms with Crippen LogP contribution in [0, 0.1) is 11.7 Å². The Hall–Kier alpha value is -1.17. The van der Waals surface area contributed by atoms with Gasteiger partial charge in [0.1, 0.15) is 5.82 Å². The van der Waals surface area contributed by atoms with E-state index in [2.05, 4.69) is 10.2 Å². The number of carbonyl (C=O) groups excluding carboxylic acids is 1. The third kappa shape index (κ3) is 5.16. The summed E-state index contributed by atoms with van der Waals surface area (Å²) >= 11 is 6.30. The lowest BCUT2D eigenvalue weighted by atomic mass is 10.0. The molecular weight excluding hydrogens is 343 g/mol. The molecule has 2 atom stereocenters. The molecule has 2 unspecified atom stereocenters. The Labute approximate surface area is 154 Å². The molecule has 0 aliphatic carbocycles. The van der Waals surface area contributed by atoms with Crippen molar-refractivity contribution in [2.24, 2.45) is 5.92 Å². The molecule has 0 bridgehead atoms. The van der Waals surface area contributed by atoms with E-state index in [4.69, 9.17) is 16.3 Å². The van der Waals surface area contributed by atoms with E-state index in [1.807, 2.05) is 20.8 Å². The van der Waals surface area contributed by atoms with Crippen LogP contribution >= 0.6 is 11.6 Å². The molecule has 1 aliphatic heterocycles. The third-order valence-corrected chi connectivity index (χ3v) is 5.20. The maximum atomic E-state index is 14.5. The number of morpholine rings is 1. The zero-order valence-corrected chi connectivity index (χ0v) is 16.0. The van der Waals surface area contributed by atoms with Crippen molar-refractivity contribution in [1.82, 2.24) is 10.2 Å². The molecule has 1 aromatic carbocycles. The summed E-state index contributed by atoms with van der Waals surface area (Å²) in [5.41, 5.74) is 0.447. The minimum Gasteiger partial charge on any atom is -0.376 e. The second-order valence-electron chi connectivity index (χ2n) is 6.59. The first-order valence-electron chi connectivity index (χ1n) is 9.05. The van der Waals surface area contributed by atoms with Crippen LogP contribution in [0.15, 0.2) is 18.2 Å². The number of amides is 1. The van der Waals surface area contributed by atoms with Gasteiger partial charge in [0.2, 0.25) is 5.91 Å². The van der Waals surface area contributed by atoms with Gasteiger partial charge in [-0.3, -0.25) is 9.69 Å². The highest BCUT2D eigenvalue weighted by molar-refractivity contribution is 6.31. The average molecular weight is 371 g/mol. The summed E-state index contributed by atoms with van der Waals surface area (Å²) in [6, 6.07) is 4.40. The molecule has 6 heteroatoms. The van der Waals surface area contributed by atoms with Crippen molar-refractivity contribution in [3.8, 4) is 0 Å². The predicted octanol–water partition coefficient (Wildman–Crippen LogP) is 3.79. The predicted molar refractivity (Wildman–Crippen MR) is 98.2 cm³/mol. The highest BCUT2D eigenvalue weighted by atomic mass is 35.5. The summed E-state index contributed by atoms with van der Waals surface area (Å²) in [5.74, 6) is -0.336. The average Bonchev–Trinajstić information content (AvgIpc) is 2.58. The van der Waals surface area contributed by atoms with E-state index in [9.17, 15) is 9.18 Å². The Balaban J connectivity index is 2.22. The summed E-state index contributed by atoms with van der Waals surface area (Å²) < 4.78 is 20.1. The molecule has 0 spiro atoms. The van der Waals surface area contributed by atoms with Crippen LogP contribution in [0.1, 0.15) is 45.2 Å². The summed E-state index contributed by atoms with van der Waals surface area (Å²) in [4.78, 5) is 14.5. The Morgan fingerprint density at radius 2 is 2.16 bits per heavy atom. The number of benzene rings is 1. The molecule has 1 fully saturated rings. The molecule has 1 aromatic rings. The second kappa shape index (κ2) is 9.51. The molecule has 1 saturated heterocycles. The molecule has 4 nitrogen and oxygen atoms in total. The lowest BCUT2D eigenvalue weighted by Crippen LogP contribution is -2.47. The summed E-state index contributed by atoms with van der Waals surface area (Å²) in [6.45, 7) is 8.28. The van der Waals surface area contributed by atoms with Crippen molar-refractivity contribution in [2.75, 3.05) is 26.2 Å². The van der Waals surface area contributed by atoms with Crippen LogP contribution in [0.25, 0.3) is 0 Å². The lowest BCUT2D eigenvalue weighted by molar-refractivity contribution is -0.125. The van der Waals surface area contributed by atoms with Crippen LogP contribution < -0.4 is 5.32 Å². The highest BCUT2D eigenvalue weighted by Crippen LogP contribution is 2.31. The number of hydrogen-bond acceptors (Lipinski definition) is 3. The molecule has 1 N–H and O–H groups in total. The van der Waals surface area contributed by atoms with Crippen molar-refractivity contribution in [2.45, 2.75) is 45.8 Å². The molecule has 1 aliphatic rings. The van der Waals surface area contributed by atoms with Gasteiger partial charge in [0.15, 0.2) is 0 Å². The Kier molecular flexibility index (Phi) is 7.66. The zero-order valence-electron chi connectivity index (χ0n) is 15.2. The molecule has 2 rings (SSSR count). The Morgan fingerprint density at radius 3 is 2.76 bits per heavy atom. The summed E-state index contributed by atoms with van der Waals surface area (Å²) in [7, 11) is 0. The number of nitrogens with zero attached hydrogens (tertiary/aromatic N) is 1. The first-order chi connectivity index (χ1) is 12.0.